The molecule has 0 atom stereocenters. The second kappa shape index (κ2) is 7.06. The van der Waals surface area contributed by atoms with Crippen LogP contribution in [0.25, 0.3) is 12.2 Å². The van der Waals surface area contributed by atoms with Crippen LogP contribution in [0, 0.1) is 0 Å². The molecule has 0 bridgehead atoms. The molecule has 0 unspecified atom stereocenters. The number of nitrogen functional groups attached to an aromatic ring is 1. The fourth-order valence-electron chi connectivity index (χ4n) is 1.75. The summed E-state index contributed by atoms with van der Waals surface area (Å²) in [5.41, 5.74) is 6.90. The summed E-state index contributed by atoms with van der Waals surface area (Å²) in [5, 5.41) is 0. The number of nitrogens with two attached hydrogens (primary N) is 1. The molecule has 0 saturated heterocycles. The molecule has 3 N–H and O–H groups in total. The van der Waals surface area contributed by atoms with Gasteiger partial charge in [-0.05, 0) is 17.2 Å². The molecule has 0 fully saturated rings. The molecule has 0 spiro atoms. The number of hydrogen-bond donors (Lipinski definition) is 2. The Morgan fingerprint density at radius 3 is 2.20 bits per heavy atom. The number of hydrogen-bond acceptors (Lipinski definition) is 3. The standard InChI is InChI=1S/C14H13NO3S.Na/c15-13-8-4-7-12(14(13)19(16,17)18)10-9-11-5-2-1-3-6-11;/h1-10H,15H2,(H,16,17,18);. The summed E-state index contributed by atoms with van der Waals surface area (Å²) in [7, 11) is -4.34. The van der Waals surface area contributed by atoms with Crippen LogP contribution in [0.15, 0.2) is 53.4 Å². The monoisotopic (exact) mass is 298 g/mol. The first-order valence-electron chi connectivity index (χ1n) is 5.57. The van der Waals surface area contributed by atoms with Gasteiger partial charge in [-0.1, -0.05) is 54.6 Å². The summed E-state index contributed by atoms with van der Waals surface area (Å²) in [6.45, 7) is 0. The molecule has 6 heteroatoms. The molecule has 4 nitrogen and oxygen atoms in total. The molecule has 0 aliphatic heterocycles. The Morgan fingerprint density at radius 1 is 0.950 bits per heavy atom. The van der Waals surface area contributed by atoms with Crippen molar-refractivity contribution in [3.8, 4) is 0 Å². The maximum Gasteiger partial charge on any atom is 0.297 e. The summed E-state index contributed by atoms with van der Waals surface area (Å²) in [4.78, 5) is -0.262. The van der Waals surface area contributed by atoms with Gasteiger partial charge in [-0.15, -0.1) is 0 Å². The predicted octanol–water partition coefficient (Wildman–Crippen LogP) is 2.31. The van der Waals surface area contributed by atoms with Crippen molar-refractivity contribution < 1.29 is 13.0 Å². The van der Waals surface area contributed by atoms with Crippen LogP contribution in [0.2, 0.25) is 0 Å². The van der Waals surface area contributed by atoms with Crippen molar-refractivity contribution in [1.82, 2.24) is 0 Å². The van der Waals surface area contributed by atoms with Gasteiger partial charge in [0.1, 0.15) is 4.90 Å². The van der Waals surface area contributed by atoms with Gasteiger partial charge >= 0.3 is 0 Å². The molecule has 0 saturated carbocycles. The van der Waals surface area contributed by atoms with Crippen molar-refractivity contribution in [2.24, 2.45) is 0 Å². The van der Waals surface area contributed by atoms with E-state index in [4.69, 9.17) is 5.73 Å². The summed E-state index contributed by atoms with van der Waals surface area (Å²) < 4.78 is 31.9. The zero-order valence-electron chi connectivity index (χ0n) is 11.0. The molecule has 20 heavy (non-hydrogen) atoms. The Labute approximate surface area is 140 Å². The van der Waals surface area contributed by atoms with Crippen LogP contribution in [0.1, 0.15) is 11.1 Å². The van der Waals surface area contributed by atoms with Crippen molar-refractivity contribution in [2.45, 2.75) is 4.90 Å². The van der Waals surface area contributed by atoms with Crippen LogP contribution in [0.4, 0.5) is 5.69 Å². The number of benzene rings is 2. The van der Waals surface area contributed by atoms with E-state index in [-0.39, 0.29) is 40.1 Å². The minimum absolute atomic E-state index is 0. The second-order valence-electron chi connectivity index (χ2n) is 3.98. The smallest absolute Gasteiger partial charge is 0.297 e. The van der Waals surface area contributed by atoms with Crippen LogP contribution in [0.3, 0.4) is 0 Å². The van der Waals surface area contributed by atoms with Crippen molar-refractivity contribution in [3.05, 3.63) is 59.7 Å². The van der Waals surface area contributed by atoms with Crippen LogP contribution < -0.4 is 5.73 Å². The molecule has 2 aromatic carbocycles. The van der Waals surface area contributed by atoms with Gasteiger partial charge in [-0.3, -0.25) is 4.55 Å². The summed E-state index contributed by atoms with van der Waals surface area (Å²) >= 11 is 0. The zero-order valence-corrected chi connectivity index (χ0v) is 13.8. The van der Waals surface area contributed by atoms with E-state index in [1.165, 1.54) is 6.07 Å². The molecule has 99 valence electrons. The molecule has 2 rings (SSSR count). The molecule has 1 radical (unpaired) electrons. The number of anilines is 1. The van der Waals surface area contributed by atoms with Crippen molar-refractivity contribution >= 4 is 57.5 Å². The van der Waals surface area contributed by atoms with Gasteiger partial charge in [0.25, 0.3) is 10.1 Å². The molecule has 0 aliphatic rings. The van der Waals surface area contributed by atoms with Crippen molar-refractivity contribution in [3.63, 3.8) is 0 Å². The third-order valence-corrected chi connectivity index (χ3v) is 3.58. The van der Waals surface area contributed by atoms with E-state index in [1.807, 2.05) is 30.3 Å². The van der Waals surface area contributed by atoms with Gasteiger partial charge in [-0.25, -0.2) is 0 Å². The molecular formula is C14H13NNaO3S. The minimum atomic E-state index is -4.34. The topological polar surface area (TPSA) is 80.4 Å². The quantitative estimate of drug-likeness (QED) is 0.394. The van der Waals surface area contributed by atoms with E-state index in [0.29, 0.717) is 5.56 Å². The van der Waals surface area contributed by atoms with E-state index in [1.54, 1.807) is 24.3 Å². The molecular weight excluding hydrogens is 285 g/mol. The van der Waals surface area contributed by atoms with E-state index < -0.39 is 10.1 Å². The van der Waals surface area contributed by atoms with Crippen LogP contribution >= 0.6 is 0 Å². The summed E-state index contributed by atoms with van der Waals surface area (Å²) in [6, 6.07) is 14.1. The zero-order chi connectivity index (χ0) is 13.9. The van der Waals surface area contributed by atoms with Crippen LogP contribution in [0.5, 0.6) is 0 Å². The van der Waals surface area contributed by atoms with E-state index in [0.717, 1.165) is 5.56 Å². The van der Waals surface area contributed by atoms with Gasteiger partial charge in [0, 0.05) is 29.6 Å². The maximum atomic E-state index is 11.3. The summed E-state index contributed by atoms with van der Waals surface area (Å²) in [6.07, 6.45) is 3.36. The van der Waals surface area contributed by atoms with Gasteiger partial charge in [0.15, 0.2) is 0 Å². The van der Waals surface area contributed by atoms with Crippen LogP contribution in [-0.2, 0) is 10.1 Å². The Bertz CT molecular complexity index is 712. The Morgan fingerprint density at radius 2 is 1.60 bits per heavy atom. The molecule has 0 aliphatic carbocycles. The third kappa shape index (κ3) is 4.19. The van der Waals surface area contributed by atoms with Crippen molar-refractivity contribution in [1.29, 1.82) is 0 Å². The van der Waals surface area contributed by atoms with Gasteiger partial charge in [0.05, 0.1) is 5.69 Å². The van der Waals surface area contributed by atoms with E-state index >= 15 is 0 Å². The Kier molecular flexibility index (Phi) is 5.98. The van der Waals surface area contributed by atoms with E-state index in [2.05, 4.69) is 0 Å². The Balaban J connectivity index is 0.00000200. The largest absolute Gasteiger partial charge is 0.398 e. The summed E-state index contributed by atoms with van der Waals surface area (Å²) in [5.74, 6) is 0. The first kappa shape index (κ1) is 16.9. The normalized spacial score (nSPS) is 11.2. The number of rotatable bonds is 3. The average Bonchev–Trinajstić information content (AvgIpc) is 2.36. The maximum absolute atomic E-state index is 11.3. The van der Waals surface area contributed by atoms with Crippen molar-refractivity contribution in [2.75, 3.05) is 5.73 Å². The van der Waals surface area contributed by atoms with Gasteiger partial charge in [0.2, 0.25) is 0 Å². The first-order chi connectivity index (χ1) is 8.98. The molecule has 0 heterocycles. The molecule has 0 aromatic heterocycles. The minimum Gasteiger partial charge on any atom is -0.398 e. The molecule has 2 aromatic rings. The first-order valence-corrected chi connectivity index (χ1v) is 7.01. The predicted molar refractivity (Wildman–Crippen MR) is 81.8 cm³/mol. The third-order valence-electron chi connectivity index (χ3n) is 2.59. The fourth-order valence-corrected chi connectivity index (χ4v) is 2.55. The fraction of sp³-hybridized carbons (Fsp3) is 0. The van der Waals surface area contributed by atoms with E-state index in [9.17, 15) is 13.0 Å². The second-order valence-corrected chi connectivity index (χ2v) is 5.34. The SMILES string of the molecule is Nc1cccc(C=Cc2ccccc2)c1S(=O)(=O)O.[Na]. The Hall–Kier alpha value is -1.11. The average molecular weight is 298 g/mol. The van der Waals surface area contributed by atoms with Crippen LogP contribution in [-0.4, -0.2) is 42.5 Å². The van der Waals surface area contributed by atoms with Gasteiger partial charge < -0.3 is 5.73 Å². The molecule has 0 amide bonds. The van der Waals surface area contributed by atoms with Gasteiger partial charge in [-0.2, -0.15) is 8.42 Å².